The third-order valence-electron chi connectivity index (χ3n) is 5.40. The number of aromatic nitrogens is 3. The highest BCUT2D eigenvalue weighted by Crippen LogP contribution is 2.20. The number of esters is 2. The van der Waals surface area contributed by atoms with Crippen LogP contribution in [0.5, 0.6) is 11.5 Å². The molecule has 0 saturated heterocycles. The molecule has 0 aliphatic rings. The van der Waals surface area contributed by atoms with E-state index in [1.807, 2.05) is 42.5 Å². The summed E-state index contributed by atoms with van der Waals surface area (Å²) in [6.07, 6.45) is 0.765. The van der Waals surface area contributed by atoms with Gasteiger partial charge in [0.25, 0.3) is 0 Å². The second kappa shape index (κ2) is 12.4. The summed E-state index contributed by atoms with van der Waals surface area (Å²) in [5.74, 6) is 1.33. The number of para-hydroxylation sites is 1. The summed E-state index contributed by atoms with van der Waals surface area (Å²) in [5, 5.41) is 3.24. The van der Waals surface area contributed by atoms with Crippen molar-refractivity contribution in [1.29, 1.82) is 0 Å². The summed E-state index contributed by atoms with van der Waals surface area (Å²) >= 11 is 0. The van der Waals surface area contributed by atoms with Crippen LogP contribution in [0.15, 0.2) is 103 Å². The summed E-state index contributed by atoms with van der Waals surface area (Å²) in [6, 6.07) is 24.0. The van der Waals surface area contributed by atoms with Crippen LogP contribution in [0.3, 0.4) is 0 Å². The minimum Gasteiger partial charge on any atom is -0.423 e. The van der Waals surface area contributed by atoms with Crippen LogP contribution in [0.4, 0.5) is 11.6 Å². The average Bonchev–Trinajstić information content (AvgIpc) is 2.89. The van der Waals surface area contributed by atoms with Gasteiger partial charge in [0.1, 0.15) is 23.1 Å². The van der Waals surface area contributed by atoms with Crippen molar-refractivity contribution in [2.75, 3.05) is 5.32 Å². The summed E-state index contributed by atoms with van der Waals surface area (Å²) in [5.41, 5.74) is 3.19. The topological polar surface area (TPSA) is 103 Å². The van der Waals surface area contributed by atoms with Crippen molar-refractivity contribution in [3.63, 3.8) is 0 Å². The van der Waals surface area contributed by atoms with Crippen LogP contribution in [0.25, 0.3) is 0 Å². The maximum Gasteiger partial charge on any atom is 0.338 e. The number of carbonyl (C=O) groups excluding carboxylic acids is 2. The predicted molar refractivity (Wildman–Crippen MR) is 149 cm³/mol. The quantitative estimate of drug-likeness (QED) is 0.160. The van der Waals surface area contributed by atoms with E-state index in [9.17, 15) is 9.59 Å². The molecule has 0 radical (unpaired) electrons. The van der Waals surface area contributed by atoms with E-state index in [1.165, 1.54) is 0 Å². The molecule has 1 heterocycles. The fourth-order valence-electron chi connectivity index (χ4n) is 3.52. The highest BCUT2D eigenvalue weighted by Gasteiger charge is 2.12. The smallest absolute Gasteiger partial charge is 0.338 e. The number of carbonyl (C=O) groups is 2. The van der Waals surface area contributed by atoms with Gasteiger partial charge >= 0.3 is 11.9 Å². The molecule has 8 nitrogen and oxygen atoms in total. The Balaban J connectivity index is 1.61. The molecule has 1 aromatic heterocycles. The number of ether oxygens (including phenoxy) is 2. The zero-order chi connectivity index (χ0) is 27.8. The van der Waals surface area contributed by atoms with Gasteiger partial charge in [-0.25, -0.2) is 14.6 Å². The molecule has 0 amide bonds. The molecule has 0 spiro atoms. The molecule has 0 aliphatic carbocycles. The molecule has 0 bridgehead atoms. The van der Waals surface area contributed by atoms with E-state index in [4.69, 9.17) is 14.5 Å². The van der Waals surface area contributed by atoms with Crippen molar-refractivity contribution in [3.8, 4) is 11.5 Å². The minimum absolute atomic E-state index is 0.317. The SMILES string of the molecule is C=C(C)C(=O)Oc1cccc(Cc2nc(Cc3cccc(OC(=O)C(=C)C)c3)nc(Nc3ccccc3)n2)c1. The Morgan fingerprint density at radius 1 is 0.692 bits per heavy atom. The van der Waals surface area contributed by atoms with E-state index in [1.54, 1.807) is 50.2 Å². The Bertz CT molecular complexity index is 1440. The molecular weight excluding hydrogens is 492 g/mol. The van der Waals surface area contributed by atoms with Crippen molar-refractivity contribution in [2.45, 2.75) is 26.7 Å². The minimum atomic E-state index is -0.486. The zero-order valence-electron chi connectivity index (χ0n) is 21.8. The molecule has 39 heavy (non-hydrogen) atoms. The molecule has 8 heteroatoms. The molecule has 3 aromatic carbocycles. The second-order valence-electron chi connectivity index (χ2n) is 8.97. The molecule has 0 atom stereocenters. The molecule has 4 aromatic rings. The largest absolute Gasteiger partial charge is 0.423 e. The Morgan fingerprint density at radius 2 is 1.18 bits per heavy atom. The molecule has 1 N–H and O–H groups in total. The molecular formula is C31H28N4O4. The Hall–Kier alpha value is -5.11. The van der Waals surface area contributed by atoms with E-state index in [0.29, 0.717) is 53.1 Å². The monoisotopic (exact) mass is 520 g/mol. The van der Waals surface area contributed by atoms with Crippen LogP contribution < -0.4 is 14.8 Å². The van der Waals surface area contributed by atoms with Crippen LogP contribution in [0.1, 0.15) is 36.6 Å². The molecule has 196 valence electrons. The van der Waals surface area contributed by atoms with Gasteiger partial charge < -0.3 is 14.8 Å². The van der Waals surface area contributed by atoms with E-state index >= 15 is 0 Å². The van der Waals surface area contributed by atoms with E-state index < -0.39 is 11.9 Å². The lowest BCUT2D eigenvalue weighted by Gasteiger charge is -2.11. The highest BCUT2D eigenvalue weighted by atomic mass is 16.5. The van der Waals surface area contributed by atoms with Crippen molar-refractivity contribution in [3.05, 3.63) is 126 Å². The third kappa shape index (κ3) is 7.93. The predicted octanol–water partition coefficient (Wildman–Crippen LogP) is 5.76. The lowest BCUT2D eigenvalue weighted by Crippen LogP contribution is -2.10. The maximum atomic E-state index is 11.9. The second-order valence-corrected chi connectivity index (χ2v) is 8.97. The number of hydrogen-bond acceptors (Lipinski definition) is 8. The third-order valence-corrected chi connectivity index (χ3v) is 5.40. The van der Waals surface area contributed by atoms with Crippen molar-refractivity contribution in [1.82, 2.24) is 15.0 Å². The zero-order valence-corrected chi connectivity index (χ0v) is 21.8. The lowest BCUT2D eigenvalue weighted by molar-refractivity contribution is -0.130. The first-order valence-corrected chi connectivity index (χ1v) is 12.2. The first-order valence-electron chi connectivity index (χ1n) is 12.2. The number of anilines is 2. The van der Waals surface area contributed by atoms with Crippen LogP contribution in [-0.4, -0.2) is 26.9 Å². The van der Waals surface area contributed by atoms with E-state index in [0.717, 1.165) is 16.8 Å². The highest BCUT2D eigenvalue weighted by molar-refractivity contribution is 5.89. The maximum absolute atomic E-state index is 11.9. The van der Waals surface area contributed by atoms with Crippen LogP contribution in [-0.2, 0) is 22.4 Å². The molecule has 0 fully saturated rings. The molecule has 0 unspecified atom stereocenters. The number of benzene rings is 3. The molecule has 4 rings (SSSR count). The first-order chi connectivity index (χ1) is 18.7. The first kappa shape index (κ1) is 26.9. The van der Waals surface area contributed by atoms with Gasteiger partial charge in [-0.1, -0.05) is 55.6 Å². The van der Waals surface area contributed by atoms with Crippen LogP contribution >= 0.6 is 0 Å². The summed E-state index contributed by atoms with van der Waals surface area (Å²) < 4.78 is 10.7. The normalized spacial score (nSPS) is 10.4. The summed E-state index contributed by atoms with van der Waals surface area (Å²) in [7, 11) is 0. The van der Waals surface area contributed by atoms with Crippen molar-refractivity contribution in [2.24, 2.45) is 0 Å². The van der Waals surface area contributed by atoms with Crippen LogP contribution in [0.2, 0.25) is 0 Å². The van der Waals surface area contributed by atoms with E-state index in [2.05, 4.69) is 28.4 Å². The molecule has 0 aliphatic heterocycles. The molecule has 0 saturated carbocycles. The lowest BCUT2D eigenvalue weighted by atomic mass is 10.1. The van der Waals surface area contributed by atoms with Crippen molar-refractivity contribution < 1.29 is 19.1 Å². The van der Waals surface area contributed by atoms with Gasteiger partial charge in [-0.3, -0.25) is 0 Å². The van der Waals surface area contributed by atoms with Gasteiger partial charge in [0.2, 0.25) is 5.95 Å². The number of nitrogens with one attached hydrogen (secondary N) is 1. The fraction of sp³-hybridized carbons (Fsp3) is 0.129. The standard InChI is InChI=1S/C31H28N4O4/c1-20(2)29(36)38-25-14-8-10-22(16-25)18-27-33-28(35-31(34-27)32-24-12-6-5-7-13-24)19-23-11-9-15-26(17-23)39-30(37)21(3)4/h5-17H,1,3,18-19H2,2,4H3,(H,32,33,34,35). The fourth-order valence-corrected chi connectivity index (χ4v) is 3.52. The van der Waals surface area contributed by atoms with Crippen LogP contribution in [0, 0.1) is 0 Å². The number of hydrogen-bond donors (Lipinski definition) is 1. The van der Waals surface area contributed by atoms with E-state index in [-0.39, 0.29) is 0 Å². The summed E-state index contributed by atoms with van der Waals surface area (Å²) in [6.45, 7) is 10.4. The Kier molecular flexibility index (Phi) is 8.58. The Labute approximate surface area is 227 Å². The van der Waals surface area contributed by atoms with Gasteiger partial charge in [0.15, 0.2) is 0 Å². The van der Waals surface area contributed by atoms with Gasteiger partial charge in [-0.2, -0.15) is 9.97 Å². The van der Waals surface area contributed by atoms with Crippen molar-refractivity contribution >= 4 is 23.6 Å². The van der Waals surface area contributed by atoms with Gasteiger partial charge in [-0.05, 0) is 61.4 Å². The average molecular weight is 521 g/mol. The van der Waals surface area contributed by atoms with Gasteiger partial charge in [0, 0.05) is 29.7 Å². The van der Waals surface area contributed by atoms with Gasteiger partial charge in [-0.15, -0.1) is 0 Å². The Morgan fingerprint density at radius 3 is 1.64 bits per heavy atom. The number of rotatable bonds is 10. The number of nitrogens with zero attached hydrogens (tertiary/aromatic N) is 3. The van der Waals surface area contributed by atoms with Gasteiger partial charge in [0.05, 0.1) is 0 Å². The summed E-state index contributed by atoms with van der Waals surface area (Å²) in [4.78, 5) is 37.8.